The second-order valence-corrected chi connectivity index (χ2v) is 9.16. The Balaban J connectivity index is 2.27. The average molecular weight is 490 g/mol. The molecule has 1 N–H and O–H groups in total. The largest absolute Gasteiger partial charge is 0.354 e. The van der Waals surface area contributed by atoms with Crippen molar-refractivity contribution in [3.63, 3.8) is 0 Å². The summed E-state index contributed by atoms with van der Waals surface area (Å²) < 4.78 is 0. The summed E-state index contributed by atoms with van der Waals surface area (Å²) >= 11 is 24.3. The fourth-order valence-electron chi connectivity index (χ4n) is 2.79. The molecule has 8 heteroatoms. The Bertz CT molecular complexity index is 918. The highest BCUT2D eigenvalue weighted by atomic mass is 35.5. The third-order valence-electron chi connectivity index (χ3n) is 4.55. The van der Waals surface area contributed by atoms with Gasteiger partial charge in [0.1, 0.15) is 6.04 Å². The number of benzene rings is 2. The molecule has 0 saturated heterocycles. The highest BCUT2D eigenvalue weighted by molar-refractivity contribution is 6.42. The number of hydrogen-bond acceptors (Lipinski definition) is 2. The van der Waals surface area contributed by atoms with Crippen LogP contribution >= 0.6 is 46.4 Å². The molecule has 0 fully saturated rings. The Morgan fingerprint density at radius 3 is 2.23 bits per heavy atom. The van der Waals surface area contributed by atoms with Crippen LogP contribution in [0, 0.1) is 5.92 Å². The number of nitrogens with zero attached hydrogens (tertiary/aromatic N) is 1. The molecule has 0 aromatic heterocycles. The minimum Gasteiger partial charge on any atom is -0.354 e. The molecule has 2 rings (SSSR count). The first kappa shape index (κ1) is 24.8. The Kier molecular flexibility index (Phi) is 9.30. The van der Waals surface area contributed by atoms with Crippen LogP contribution in [0.2, 0.25) is 20.1 Å². The van der Waals surface area contributed by atoms with Crippen molar-refractivity contribution in [3.05, 3.63) is 67.6 Å². The second-order valence-electron chi connectivity index (χ2n) is 7.50. The van der Waals surface area contributed by atoms with Gasteiger partial charge in [0, 0.05) is 23.1 Å². The molecule has 2 amide bonds. The van der Waals surface area contributed by atoms with Crippen LogP contribution in [0.4, 0.5) is 0 Å². The smallest absolute Gasteiger partial charge is 0.242 e. The van der Waals surface area contributed by atoms with Crippen molar-refractivity contribution >= 4 is 58.2 Å². The van der Waals surface area contributed by atoms with Gasteiger partial charge in [0.2, 0.25) is 11.8 Å². The lowest BCUT2D eigenvalue weighted by Gasteiger charge is -2.29. The van der Waals surface area contributed by atoms with Gasteiger partial charge in [-0.25, -0.2) is 0 Å². The van der Waals surface area contributed by atoms with E-state index in [0.29, 0.717) is 43.7 Å². The van der Waals surface area contributed by atoms with Crippen LogP contribution in [0.3, 0.4) is 0 Å². The zero-order valence-corrected chi connectivity index (χ0v) is 20.0. The molecule has 0 radical (unpaired) electrons. The number of carbonyl (C=O) groups excluding carboxylic acids is 2. The maximum atomic E-state index is 13.2. The van der Waals surface area contributed by atoms with Crippen molar-refractivity contribution in [3.8, 4) is 0 Å². The monoisotopic (exact) mass is 488 g/mol. The third-order valence-corrected chi connectivity index (χ3v) is 5.87. The quantitative estimate of drug-likeness (QED) is 0.491. The standard InChI is InChI=1S/C22H24Cl4N2O2/c1-13(2)11-27-22(30)14(3)28(12-16-5-6-17(23)10-19(16)25)21(29)9-15-4-7-18(24)20(26)8-15/h4-8,10,13-14H,9,11-12H2,1-3H3,(H,27,30)/t14-/m1/s1. The molecule has 0 bridgehead atoms. The van der Waals surface area contributed by atoms with Gasteiger partial charge >= 0.3 is 0 Å². The van der Waals surface area contributed by atoms with Gasteiger partial charge in [0.25, 0.3) is 0 Å². The molecule has 162 valence electrons. The Morgan fingerprint density at radius 2 is 1.63 bits per heavy atom. The van der Waals surface area contributed by atoms with Gasteiger partial charge in [-0.15, -0.1) is 0 Å². The minimum atomic E-state index is -0.689. The number of rotatable bonds is 8. The summed E-state index contributed by atoms with van der Waals surface area (Å²) in [5.41, 5.74) is 1.41. The van der Waals surface area contributed by atoms with Crippen molar-refractivity contribution in [2.75, 3.05) is 6.54 Å². The van der Waals surface area contributed by atoms with Gasteiger partial charge in [-0.3, -0.25) is 9.59 Å². The van der Waals surface area contributed by atoms with Gasteiger partial charge in [0.05, 0.1) is 16.5 Å². The van der Waals surface area contributed by atoms with Gasteiger partial charge < -0.3 is 10.2 Å². The van der Waals surface area contributed by atoms with Crippen LogP contribution in [0.5, 0.6) is 0 Å². The molecule has 0 saturated carbocycles. The van der Waals surface area contributed by atoms with Crippen LogP contribution < -0.4 is 5.32 Å². The van der Waals surface area contributed by atoms with Crippen molar-refractivity contribution in [2.45, 2.75) is 39.8 Å². The summed E-state index contributed by atoms with van der Waals surface area (Å²) in [4.78, 5) is 27.4. The van der Waals surface area contributed by atoms with Crippen molar-refractivity contribution in [1.82, 2.24) is 10.2 Å². The fourth-order valence-corrected chi connectivity index (χ4v) is 3.58. The fraction of sp³-hybridized carbons (Fsp3) is 0.364. The highest BCUT2D eigenvalue weighted by Gasteiger charge is 2.27. The van der Waals surface area contributed by atoms with Crippen molar-refractivity contribution in [1.29, 1.82) is 0 Å². The van der Waals surface area contributed by atoms with E-state index in [-0.39, 0.29) is 24.8 Å². The van der Waals surface area contributed by atoms with E-state index in [1.54, 1.807) is 43.3 Å². The second kappa shape index (κ2) is 11.2. The Labute approximate surface area is 197 Å². The summed E-state index contributed by atoms with van der Waals surface area (Å²) in [6, 6.07) is 9.42. The summed E-state index contributed by atoms with van der Waals surface area (Å²) in [5, 5.41) is 4.60. The number of amides is 2. The summed E-state index contributed by atoms with van der Waals surface area (Å²) in [7, 11) is 0. The van der Waals surface area contributed by atoms with E-state index in [0.717, 1.165) is 0 Å². The summed E-state index contributed by atoms with van der Waals surface area (Å²) in [6.45, 7) is 6.41. The number of nitrogens with one attached hydrogen (secondary N) is 1. The predicted octanol–water partition coefficient (Wildman–Crippen LogP) is 6.03. The van der Waals surface area contributed by atoms with Gasteiger partial charge in [0.15, 0.2) is 0 Å². The molecular formula is C22H24Cl4N2O2. The van der Waals surface area contributed by atoms with Crippen molar-refractivity contribution in [2.24, 2.45) is 5.92 Å². The zero-order chi connectivity index (χ0) is 22.4. The summed E-state index contributed by atoms with van der Waals surface area (Å²) in [6.07, 6.45) is 0.0733. The van der Waals surface area contributed by atoms with Gasteiger partial charge in [-0.1, -0.05) is 72.4 Å². The van der Waals surface area contributed by atoms with Crippen LogP contribution in [0.15, 0.2) is 36.4 Å². The van der Waals surface area contributed by atoms with E-state index in [9.17, 15) is 9.59 Å². The molecule has 2 aromatic rings. The van der Waals surface area contributed by atoms with E-state index >= 15 is 0 Å². The lowest BCUT2D eigenvalue weighted by atomic mass is 10.1. The molecule has 0 spiro atoms. The first-order valence-corrected chi connectivity index (χ1v) is 11.0. The molecule has 1 atom stereocenters. The maximum absolute atomic E-state index is 13.2. The Hall–Kier alpha value is -1.46. The molecule has 0 heterocycles. The normalized spacial score (nSPS) is 12.0. The maximum Gasteiger partial charge on any atom is 0.242 e. The van der Waals surface area contributed by atoms with Crippen LogP contribution in [-0.2, 0) is 22.6 Å². The van der Waals surface area contributed by atoms with Gasteiger partial charge in [-0.05, 0) is 48.2 Å². The topological polar surface area (TPSA) is 49.4 Å². The molecular weight excluding hydrogens is 466 g/mol. The van der Waals surface area contributed by atoms with Crippen LogP contribution in [0.25, 0.3) is 0 Å². The number of halogens is 4. The van der Waals surface area contributed by atoms with Crippen LogP contribution in [0.1, 0.15) is 31.9 Å². The average Bonchev–Trinajstić information content (AvgIpc) is 2.67. The molecule has 30 heavy (non-hydrogen) atoms. The lowest BCUT2D eigenvalue weighted by Crippen LogP contribution is -2.48. The van der Waals surface area contributed by atoms with E-state index in [1.165, 1.54) is 4.90 Å². The lowest BCUT2D eigenvalue weighted by molar-refractivity contribution is -0.140. The predicted molar refractivity (Wildman–Crippen MR) is 124 cm³/mol. The Morgan fingerprint density at radius 1 is 0.933 bits per heavy atom. The number of hydrogen-bond donors (Lipinski definition) is 1. The zero-order valence-electron chi connectivity index (χ0n) is 17.0. The molecule has 0 aliphatic heterocycles. The molecule has 2 aromatic carbocycles. The first-order valence-electron chi connectivity index (χ1n) is 9.53. The summed E-state index contributed by atoms with van der Waals surface area (Å²) in [5.74, 6) is -0.157. The SMILES string of the molecule is CC(C)CNC(=O)[C@@H](C)N(Cc1ccc(Cl)cc1Cl)C(=O)Cc1ccc(Cl)c(Cl)c1. The van der Waals surface area contributed by atoms with Crippen molar-refractivity contribution < 1.29 is 9.59 Å². The van der Waals surface area contributed by atoms with E-state index < -0.39 is 6.04 Å². The molecule has 4 nitrogen and oxygen atoms in total. The molecule has 0 aliphatic carbocycles. The van der Waals surface area contributed by atoms with E-state index in [2.05, 4.69) is 5.32 Å². The minimum absolute atomic E-state index is 0.0733. The number of carbonyl (C=O) groups is 2. The highest BCUT2D eigenvalue weighted by Crippen LogP contribution is 2.25. The molecule has 0 aliphatic rings. The van der Waals surface area contributed by atoms with E-state index in [4.69, 9.17) is 46.4 Å². The first-order chi connectivity index (χ1) is 14.1. The third kappa shape index (κ3) is 7.05. The molecule has 0 unspecified atom stereocenters. The van der Waals surface area contributed by atoms with Gasteiger partial charge in [-0.2, -0.15) is 0 Å². The van der Waals surface area contributed by atoms with Crippen LogP contribution in [-0.4, -0.2) is 29.3 Å². The van der Waals surface area contributed by atoms with E-state index in [1.807, 2.05) is 13.8 Å².